The molecule has 0 aliphatic heterocycles. The quantitative estimate of drug-likeness (QED) is 0.834. The number of benzene rings is 1. The number of hydrogen-bond donors (Lipinski definition) is 1. The molecule has 0 heterocycles. The zero-order chi connectivity index (χ0) is 13.3. The molecule has 0 radical (unpaired) electrons. The Bertz CT molecular complexity index is 470. The highest BCUT2D eigenvalue weighted by Gasteiger charge is 2.33. The van der Waals surface area contributed by atoms with Crippen LogP contribution in [0.1, 0.15) is 73.2 Å². The van der Waals surface area contributed by atoms with E-state index in [1.807, 2.05) is 12.1 Å². The van der Waals surface area contributed by atoms with Crippen molar-refractivity contribution < 1.29 is 4.79 Å². The average molecular weight is 257 g/mol. The molecule has 1 aromatic carbocycles. The van der Waals surface area contributed by atoms with Gasteiger partial charge in [-0.3, -0.25) is 4.79 Å². The molecule has 19 heavy (non-hydrogen) atoms. The zero-order valence-electron chi connectivity index (χ0n) is 11.5. The second kappa shape index (κ2) is 5.09. The third-order valence-electron chi connectivity index (χ3n) is 4.92. The molecule has 0 aromatic heterocycles. The van der Waals surface area contributed by atoms with Crippen molar-refractivity contribution in [3.63, 3.8) is 0 Å². The molecule has 2 N–H and O–H groups in total. The SMILES string of the molecule is NC1(CC(=O)c2ccccc2C2CCC2)CCCC1. The fourth-order valence-corrected chi connectivity index (χ4v) is 3.50. The summed E-state index contributed by atoms with van der Waals surface area (Å²) in [6.07, 6.45) is 8.65. The van der Waals surface area contributed by atoms with Gasteiger partial charge in [0, 0.05) is 17.5 Å². The van der Waals surface area contributed by atoms with Gasteiger partial charge in [0.25, 0.3) is 0 Å². The lowest BCUT2D eigenvalue weighted by molar-refractivity contribution is 0.0950. The van der Waals surface area contributed by atoms with Gasteiger partial charge in [-0.1, -0.05) is 43.5 Å². The highest BCUT2D eigenvalue weighted by atomic mass is 16.1. The van der Waals surface area contributed by atoms with Crippen molar-refractivity contribution >= 4 is 5.78 Å². The van der Waals surface area contributed by atoms with E-state index >= 15 is 0 Å². The van der Waals surface area contributed by atoms with E-state index < -0.39 is 0 Å². The van der Waals surface area contributed by atoms with Gasteiger partial charge in [-0.05, 0) is 37.2 Å². The molecule has 102 valence electrons. The minimum Gasteiger partial charge on any atom is -0.325 e. The lowest BCUT2D eigenvalue weighted by atomic mass is 9.76. The predicted octanol–water partition coefficient (Wildman–Crippen LogP) is 3.80. The van der Waals surface area contributed by atoms with E-state index in [1.165, 1.54) is 37.7 Å². The lowest BCUT2D eigenvalue weighted by Crippen LogP contribution is -2.39. The van der Waals surface area contributed by atoms with Crippen molar-refractivity contribution in [2.75, 3.05) is 0 Å². The van der Waals surface area contributed by atoms with E-state index in [0.717, 1.165) is 18.4 Å². The Kier molecular flexibility index (Phi) is 3.44. The molecule has 0 bridgehead atoms. The monoisotopic (exact) mass is 257 g/mol. The Morgan fingerprint density at radius 1 is 1.16 bits per heavy atom. The molecule has 3 rings (SSSR count). The molecule has 0 saturated heterocycles. The fourth-order valence-electron chi connectivity index (χ4n) is 3.50. The number of Topliss-reactive ketones (excluding diaryl/α,β-unsaturated/α-hetero) is 1. The summed E-state index contributed by atoms with van der Waals surface area (Å²) in [5, 5.41) is 0. The maximum Gasteiger partial charge on any atom is 0.164 e. The summed E-state index contributed by atoms with van der Waals surface area (Å²) in [7, 11) is 0. The van der Waals surface area contributed by atoms with Crippen molar-refractivity contribution in [2.45, 2.75) is 62.8 Å². The minimum atomic E-state index is -0.232. The van der Waals surface area contributed by atoms with Gasteiger partial charge in [0.1, 0.15) is 0 Å². The van der Waals surface area contributed by atoms with Crippen LogP contribution in [0.5, 0.6) is 0 Å². The number of carbonyl (C=O) groups is 1. The van der Waals surface area contributed by atoms with Crippen molar-refractivity contribution in [1.82, 2.24) is 0 Å². The normalized spacial score (nSPS) is 22.2. The number of nitrogens with two attached hydrogens (primary N) is 1. The Balaban J connectivity index is 1.79. The molecule has 0 atom stereocenters. The van der Waals surface area contributed by atoms with Crippen LogP contribution in [0.3, 0.4) is 0 Å². The predicted molar refractivity (Wildman–Crippen MR) is 77.4 cm³/mol. The number of hydrogen-bond acceptors (Lipinski definition) is 2. The summed E-state index contributed by atoms with van der Waals surface area (Å²) in [5.41, 5.74) is 8.32. The van der Waals surface area contributed by atoms with Crippen molar-refractivity contribution in [3.8, 4) is 0 Å². The van der Waals surface area contributed by atoms with Crippen LogP contribution in [0.2, 0.25) is 0 Å². The Hall–Kier alpha value is -1.15. The van der Waals surface area contributed by atoms with E-state index in [-0.39, 0.29) is 11.3 Å². The van der Waals surface area contributed by atoms with Crippen LogP contribution in [0, 0.1) is 0 Å². The van der Waals surface area contributed by atoms with Crippen molar-refractivity contribution in [3.05, 3.63) is 35.4 Å². The largest absolute Gasteiger partial charge is 0.325 e. The molecule has 2 aliphatic carbocycles. The van der Waals surface area contributed by atoms with Gasteiger partial charge in [-0.15, -0.1) is 0 Å². The highest BCUT2D eigenvalue weighted by molar-refractivity contribution is 5.98. The van der Waals surface area contributed by atoms with Gasteiger partial charge in [0.05, 0.1) is 0 Å². The number of carbonyl (C=O) groups excluding carboxylic acids is 1. The van der Waals surface area contributed by atoms with Crippen molar-refractivity contribution in [1.29, 1.82) is 0 Å². The third-order valence-corrected chi connectivity index (χ3v) is 4.92. The number of ketones is 1. The topological polar surface area (TPSA) is 43.1 Å². The van der Waals surface area contributed by atoms with E-state index in [4.69, 9.17) is 5.73 Å². The van der Waals surface area contributed by atoms with E-state index in [1.54, 1.807) is 0 Å². The van der Waals surface area contributed by atoms with Gasteiger partial charge in [0.2, 0.25) is 0 Å². The Morgan fingerprint density at radius 3 is 2.47 bits per heavy atom. The van der Waals surface area contributed by atoms with Crippen LogP contribution in [-0.2, 0) is 0 Å². The van der Waals surface area contributed by atoms with E-state index in [2.05, 4.69) is 12.1 Å². The first-order chi connectivity index (χ1) is 9.18. The number of rotatable bonds is 4. The minimum absolute atomic E-state index is 0.232. The molecule has 1 aromatic rings. The average Bonchev–Trinajstić information content (AvgIpc) is 2.74. The maximum atomic E-state index is 12.6. The molecule has 2 saturated carbocycles. The molecule has 2 aliphatic rings. The fraction of sp³-hybridized carbons (Fsp3) is 0.588. The van der Waals surface area contributed by atoms with E-state index in [0.29, 0.717) is 12.3 Å². The molecule has 0 amide bonds. The molecular weight excluding hydrogens is 234 g/mol. The molecular formula is C17H23NO. The molecule has 0 spiro atoms. The van der Waals surface area contributed by atoms with Crippen LogP contribution in [0.4, 0.5) is 0 Å². The summed E-state index contributed by atoms with van der Waals surface area (Å²) in [4.78, 5) is 12.6. The Morgan fingerprint density at radius 2 is 1.84 bits per heavy atom. The van der Waals surface area contributed by atoms with Crippen molar-refractivity contribution in [2.24, 2.45) is 5.73 Å². The van der Waals surface area contributed by atoms with Gasteiger partial charge in [-0.2, -0.15) is 0 Å². The van der Waals surface area contributed by atoms with Gasteiger partial charge < -0.3 is 5.73 Å². The highest BCUT2D eigenvalue weighted by Crippen LogP contribution is 2.39. The molecule has 2 fully saturated rings. The first-order valence-electron chi connectivity index (χ1n) is 7.59. The summed E-state index contributed by atoms with van der Waals surface area (Å²) in [6, 6.07) is 8.16. The third kappa shape index (κ3) is 2.59. The summed E-state index contributed by atoms with van der Waals surface area (Å²) >= 11 is 0. The molecule has 2 nitrogen and oxygen atoms in total. The summed E-state index contributed by atoms with van der Waals surface area (Å²) in [5.74, 6) is 0.865. The van der Waals surface area contributed by atoms with Crippen LogP contribution in [0.15, 0.2) is 24.3 Å². The van der Waals surface area contributed by atoms with Crippen LogP contribution in [-0.4, -0.2) is 11.3 Å². The maximum absolute atomic E-state index is 12.6. The standard InChI is InChI=1S/C17H23NO/c18-17(10-3-4-11-17)12-16(19)15-9-2-1-8-14(15)13-6-5-7-13/h1-2,8-9,13H,3-7,10-12,18H2. The molecule has 2 heteroatoms. The van der Waals surface area contributed by atoms with Gasteiger partial charge in [-0.25, -0.2) is 0 Å². The van der Waals surface area contributed by atoms with Gasteiger partial charge in [0.15, 0.2) is 5.78 Å². The first kappa shape index (κ1) is 12.9. The second-order valence-electron chi connectivity index (χ2n) is 6.38. The van der Waals surface area contributed by atoms with Crippen LogP contribution < -0.4 is 5.73 Å². The Labute approximate surface area is 115 Å². The smallest absolute Gasteiger partial charge is 0.164 e. The zero-order valence-corrected chi connectivity index (χ0v) is 11.5. The lowest BCUT2D eigenvalue weighted by Gasteiger charge is -2.29. The van der Waals surface area contributed by atoms with Crippen LogP contribution >= 0.6 is 0 Å². The first-order valence-corrected chi connectivity index (χ1v) is 7.59. The van der Waals surface area contributed by atoms with Gasteiger partial charge >= 0.3 is 0 Å². The summed E-state index contributed by atoms with van der Waals surface area (Å²) in [6.45, 7) is 0. The van der Waals surface area contributed by atoms with E-state index in [9.17, 15) is 4.79 Å². The summed E-state index contributed by atoms with van der Waals surface area (Å²) < 4.78 is 0. The second-order valence-corrected chi connectivity index (χ2v) is 6.38. The van der Waals surface area contributed by atoms with Crippen LogP contribution in [0.25, 0.3) is 0 Å². The molecule has 0 unspecified atom stereocenters.